The number of likely N-dealkylation sites (tertiary alicyclic amines) is 1. The summed E-state index contributed by atoms with van der Waals surface area (Å²) in [6.07, 6.45) is 6.79. The van der Waals surface area contributed by atoms with Gasteiger partial charge in [-0.3, -0.25) is 14.6 Å². The normalized spacial score (nSPS) is 16.8. The van der Waals surface area contributed by atoms with Gasteiger partial charge in [0.1, 0.15) is 0 Å². The molecule has 1 aliphatic heterocycles. The number of carbonyl (C=O) groups excluding carboxylic acids is 2. The molecule has 0 spiro atoms. The Kier molecular flexibility index (Phi) is 5.19. The summed E-state index contributed by atoms with van der Waals surface area (Å²) >= 11 is 0. The summed E-state index contributed by atoms with van der Waals surface area (Å²) in [5.74, 6) is 0.160. The maximum Gasteiger partial charge on any atom is 0.274 e. The lowest BCUT2D eigenvalue weighted by atomic mass is 10.0. The first-order valence-electron chi connectivity index (χ1n) is 10.7. The largest absolute Gasteiger partial charge is 0.348 e. The van der Waals surface area contributed by atoms with Gasteiger partial charge in [0.25, 0.3) is 11.8 Å². The Morgan fingerprint density at radius 1 is 0.935 bits per heavy atom. The molecule has 1 aliphatic carbocycles. The fourth-order valence-corrected chi connectivity index (χ4v) is 4.09. The number of piperidine rings is 1. The standard InChI is InChI=1S/C23H24N6O2/c30-22(20-21(16-6-7-16)29(27-26-20)19-4-2-1-3-5-19)25-18-10-14-28(15-11-18)23(31)17-8-12-24-13-9-17/h1-5,8-9,12-13,16,18H,6-7,10-11,14-15H2,(H,25,30). The van der Waals surface area contributed by atoms with E-state index < -0.39 is 0 Å². The molecular formula is C23H24N6O2. The number of benzene rings is 1. The Morgan fingerprint density at radius 3 is 2.32 bits per heavy atom. The first kappa shape index (κ1) is 19.4. The van der Waals surface area contributed by atoms with Crippen LogP contribution in [0.15, 0.2) is 54.9 Å². The minimum absolute atomic E-state index is 0.00833. The zero-order valence-electron chi connectivity index (χ0n) is 17.1. The van der Waals surface area contributed by atoms with Gasteiger partial charge in [0.05, 0.1) is 11.4 Å². The van der Waals surface area contributed by atoms with Crippen LogP contribution in [-0.4, -0.2) is 55.8 Å². The highest BCUT2D eigenvalue weighted by Gasteiger charge is 2.35. The number of hydrogen-bond donors (Lipinski definition) is 1. The SMILES string of the molecule is O=C(NC1CCN(C(=O)c2ccncc2)CC1)c1nnn(-c2ccccc2)c1C1CC1. The van der Waals surface area contributed by atoms with E-state index in [1.54, 1.807) is 29.2 Å². The number of carbonyl (C=O) groups is 2. The molecule has 8 nitrogen and oxygen atoms in total. The van der Waals surface area contributed by atoms with Gasteiger partial charge in [0.2, 0.25) is 0 Å². The van der Waals surface area contributed by atoms with E-state index in [2.05, 4.69) is 20.6 Å². The molecule has 1 saturated heterocycles. The van der Waals surface area contributed by atoms with Gasteiger partial charge in [0.15, 0.2) is 5.69 Å². The highest BCUT2D eigenvalue weighted by Crippen LogP contribution is 2.42. The molecule has 2 fully saturated rings. The molecule has 0 radical (unpaired) electrons. The Morgan fingerprint density at radius 2 is 1.65 bits per heavy atom. The molecule has 0 atom stereocenters. The molecule has 2 aromatic heterocycles. The van der Waals surface area contributed by atoms with Gasteiger partial charge in [-0.25, -0.2) is 4.68 Å². The highest BCUT2D eigenvalue weighted by atomic mass is 16.2. The number of rotatable bonds is 5. The zero-order chi connectivity index (χ0) is 21.2. The lowest BCUT2D eigenvalue weighted by molar-refractivity contribution is 0.0697. The second kappa shape index (κ2) is 8.29. The van der Waals surface area contributed by atoms with E-state index >= 15 is 0 Å². The second-order valence-corrected chi connectivity index (χ2v) is 8.12. The third-order valence-corrected chi connectivity index (χ3v) is 5.93. The molecule has 158 valence electrons. The molecule has 0 unspecified atom stereocenters. The van der Waals surface area contributed by atoms with Gasteiger partial charge in [-0.1, -0.05) is 23.4 Å². The molecule has 31 heavy (non-hydrogen) atoms. The van der Waals surface area contributed by atoms with Crippen molar-refractivity contribution in [3.8, 4) is 5.69 Å². The summed E-state index contributed by atoms with van der Waals surface area (Å²) in [5.41, 5.74) is 2.87. The summed E-state index contributed by atoms with van der Waals surface area (Å²) in [6.45, 7) is 1.22. The molecule has 0 bridgehead atoms. The number of hydrogen-bond acceptors (Lipinski definition) is 5. The number of nitrogens with zero attached hydrogens (tertiary/aromatic N) is 5. The molecule has 3 aromatic rings. The molecule has 1 N–H and O–H groups in total. The van der Waals surface area contributed by atoms with Gasteiger partial charge in [-0.15, -0.1) is 5.10 Å². The first-order valence-corrected chi connectivity index (χ1v) is 10.7. The van der Waals surface area contributed by atoms with Crippen LogP contribution in [0.25, 0.3) is 5.69 Å². The third-order valence-electron chi connectivity index (χ3n) is 5.93. The van der Waals surface area contributed by atoms with Crippen molar-refractivity contribution in [2.75, 3.05) is 13.1 Å². The van der Waals surface area contributed by atoms with E-state index in [9.17, 15) is 9.59 Å². The maximum atomic E-state index is 13.0. The van der Waals surface area contributed by atoms with E-state index in [0.29, 0.717) is 43.1 Å². The quantitative estimate of drug-likeness (QED) is 0.690. The van der Waals surface area contributed by atoms with Crippen molar-refractivity contribution >= 4 is 11.8 Å². The predicted octanol–water partition coefficient (Wildman–Crippen LogP) is 2.57. The average Bonchev–Trinajstić information content (AvgIpc) is 3.57. The summed E-state index contributed by atoms with van der Waals surface area (Å²) < 4.78 is 1.79. The smallest absolute Gasteiger partial charge is 0.274 e. The first-order chi connectivity index (χ1) is 15.2. The van der Waals surface area contributed by atoms with Crippen molar-refractivity contribution in [1.82, 2.24) is 30.2 Å². The molecule has 3 heterocycles. The van der Waals surface area contributed by atoms with Crippen LogP contribution < -0.4 is 5.32 Å². The number of amides is 2. The summed E-state index contributed by atoms with van der Waals surface area (Å²) in [7, 11) is 0. The van der Waals surface area contributed by atoms with E-state index in [-0.39, 0.29) is 17.9 Å². The van der Waals surface area contributed by atoms with Crippen LogP contribution in [0.1, 0.15) is 58.1 Å². The van der Waals surface area contributed by atoms with Gasteiger partial charge >= 0.3 is 0 Å². The minimum Gasteiger partial charge on any atom is -0.348 e. The van der Waals surface area contributed by atoms with E-state index in [4.69, 9.17) is 0 Å². The maximum absolute atomic E-state index is 13.0. The summed E-state index contributed by atoms with van der Waals surface area (Å²) in [4.78, 5) is 31.4. The number of para-hydroxylation sites is 1. The monoisotopic (exact) mass is 416 g/mol. The molecule has 5 rings (SSSR count). The van der Waals surface area contributed by atoms with Gasteiger partial charge in [-0.05, 0) is 49.9 Å². The Balaban J connectivity index is 1.25. The topological polar surface area (TPSA) is 93.0 Å². The molecule has 1 aromatic carbocycles. The summed E-state index contributed by atoms with van der Waals surface area (Å²) in [6, 6.07) is 13.3. The fraction of sp³-hybridized carbons (Fsp3) is 0.348. The van der Waals surface area contributed by atoms with Crippen LogP contribution in [0, 0.1) is 0 Å². The van der Waals surface area contributed by atoms with E-state index in [0.717, 1.165) is 24.2 Å². The predicted molar refractivity (Wildman–Crippen MR) is 114 cm³/mol. The van der Waals surface area contributed by atoms with Crippen LogP contribution in [0.2, 0.25) is 0 Å². The van der Waals surface area contributed by atoms with Crippen molar-refractivity contribution in [2.45, 2.75) is 37.6 Å². The fourth-order valence-electron chi connectivity index (χ4n) is 4.09. The van der Waals surface area contributed by atoms with Crippen molar-refractivity contribution in [3.05, 3.63) is 71.8 Å². The molecule has 1 saturated carbocycles. The Hall–Kier alpha value is -3.55. The third kappa shape index (κ3) is 4.05. The van der Waals surface area contributed by atoms with E-state index in [1.807, 2.05) is 35.2 Å². The van der Waals surface area contributed by atoms with Crippen LogP contribution in [0.3, 0.4) is 0 Å². The average molecular weight is 416 g/mol. The molecule has 2 aliphatic rings. The van der Waals surface area contributed by atoms with Crippen molar-refractivity contribution in [1.29, 1.82) is 0 Å². The van der Waals surface area contributed by atoms with Crippen molar-refractivity contribution in [3.63, 3.8) is 0 Å². The summed E-state index contributed by atoms with van der Waals surface area (Å²) in [5, 5.41) is 11.6. The van der Waals surface area contributed by atoms with Gasteiger partial charge in [0, 0.05) is 43.0 Å². The zero-order valence-corrected chi connectivity index (χ0v) is 17.1. The number of nitrogens with one attached hydrogen (secondary N) is 1. The number of aromatic nitrogens is 4. The minimum atomic E-state index is -0.178. The van der Waals surface area contributed by atoms with Crippen LogP contribution in [-0.2, 0) is 0 Å². The Labute approximate surface area is 180 Å². The van der Waals surface area contributed by atoms with Gasteiger partial charge < -0.3 is 10.2 Å². The van der Waals surface area contributed by atoms with Gasteiger partial charge in [-0.2, -0.15) is 0 Å². The molecular weight excluding hydrogens is 392 g/mol. The van der Waals surface area contributed by atoms with Crippen molar-refractivity contribution < 1.29 is 9.59 Å². The van der Waals surface area contributed by atoms with Crippen molar-refractivity contribution in [2.24, 2.45) is 0 Å². The van der Waals surface area contributed by atoms with Crippen LogP contribution in [0.4, 0.5) is 0 Å². The molecule has 2 amide bonds. The second-order valence-electron chi connectivity index (χ2n) is 8.12. The lowest BCUT2D eigenvalue weighted by Crippen LogP contribution is -2.46. The van der Waals surface area contributed by atoms with Crippen LogP contribution >= 0.6 is 0 Å². The highest BCUT2D eigenvalue weighted by molar-refractivity contribution is 5.95. The lowest BCUT2D eigenvalue weighted by Gasteiger charge is -2.32. The van der Waals surface area contributed by atoms with E-state index in [1.165, 1.54) is 0 Å². The Bertz CT molecular complexity index is 1070. The molecule has 8 heteroatoms. The number of pyridine rings is 1. The van der Waals surface area contributed by atoms with Crippen LogP contribution in [0.5, 0.6) is 0 Å².